The molecule has 6 heteroatoms. The predicted octanol–water partition coefficient (Wildman–Crippen LogP) is -0.277. The van der Waals surface area contributed by atoms with Crippen LogP contribution in [0.3, 0.4) is 0 Å². The Labute approximate surface area is 80.8 Å². The molecule has 0 spiro atoms. The summed E-state index contributed by atoms with van der Waals surface area (Å²) in [6, 6.07) is 0. The van der Waals surface area contributed by atoms with E-state index < -0.39 is 24.0 Å². The molecular formula is C8H11NO5. The summed E-state index contributed by atoms with van der Waals surface area (Å²) >= 11 is 0. The zero-order chi connectivity index (χ0) is 10.6. The standard InChI is InChI=1S/C8H11NO5/c1-12-7(10)3-6-5(4-9-14-6)8(11)13-2/h4-6H,3H2,1-2H3/t5-,6+/m1/s1. The van der Waals surface area contributed by atoms with Gasteiger partial charge in [0, 0.05) is 0 Å². The summed E-state index contributed by atoms with van der Waals surface area (Å²) in [5.41, 5.74) is 0. The fourth-order valence-corrected chi connectivity index (χ4v) is 1.10. The highest BCUT2D eigenvalue weighted by Gasteiger charge is 2.35. The second kappa shape index (κ2) is 4.59. The minimum atomic E-state index is -0.626. The summed E-state index contributed by atoms with van der Waals surface area (Å²) in [5, 5.41) is 3.47. The van der Waals surface area contributed by atoms with Crippen molar-refractivity contribution in [1.29, 1.82) is 0 Å². The van der Waals surface area contributed by atoms with E-state index in [0.29, 0.717) is 0 Å². The number of esters is 2. The van der Waals surface area contributed by atoms with E-state index in [-0.39, 0.29) is 6.42 Å². The molecule has 6 nitrogen and oxygen atoms in total. The Morgan fingerprint density at radius 2 is 2.14 bits per heavy atom. The van der Waals surface area contributed by atoms with Gasteiger partial charge >= 0.3 is 11.9 Å². The maximum absolute atomic E-state index is 11.1. The Hall–Kier alpha value is -1.59. The molecule has 0 aromatic rings. The van der Waals surface area contributed by atoms with Gasteiger partial charge in [0.2, 0.25) is 0 Å². The van der Waals surface area contributed by atoms with Gasteiger partial charge in [0.1, 0.15) is 5.92 Å². The third-order valence-electron chi connectivity index (χ3n) is 1.89. The lowest BCUT2D eigenvalue weighted by molar-refractivity contribution is -0.149. The van der Waals surface area contributed by atoms with Crippen LogP contribution in [0.1, 0.15) is 6.42 Å². The number of ether oxygens (including phenoxy) is 2. The Morgan fingerprint density at radius 3 is 2.71 bits per heavy atom. The summed E-state index contributed by atoms with van der Waals surface area (Å²) in [6.07, 6.45) is 0.685. The maximum atomic E-state index is 11.1. The van der Waals surface area contributed by atoms with Gasteiger partial charge in [-0.2, -0.15) is 0 Å². The third kappa shape index (κ3) is 2.21. The molecule has 78 valence electrons. The highest BCUT2D eigenvalue weighted by Crippen LogP contribution is 2.18. The molecule has 1 heterocycles. The van der Waals surface area contributed by atoms with Crippen molar-refractivity contribution in [2.24, 2.45) is 11.1 Å². The van der Waals surface area contributed by atoms with E-state index >= 15 is 0 Å². The molecule has 1 aliphatic rings. The molecule has 0 radical (unpaired) electrons. The number of methoxy groups -OCH3 is 2. The maximum Gasteiger partial charge on any atom is 0.318 e. The lowest BCUT2D eigenvalue weighted by atomic mass is 10.0. The van der Waals surface area contributed by atoms with Crippen molar-refractivity contribution in [3.05, 3.63) is 0 Å². The predicted molar refractivity (Wildman–Crippen MR) is 45.5 cm³/mol. The van der Waals surface area contributed by atoms with E-state index in [1.807, 2.05) is 0 Å². The Balaban J connectivity index is 2.54. The average molecular weight is 201 g/mol. The second-order valence-corrected chi connectivity index (χ2v) is 2.73. The van der Waals surface area contributed by atoms with Crippen LogP contribution in [0.2, 0.25) is 0 Å². The number of hydrogen-bond donors (Lipinski definition) is 0. The molecule has 0 saturated heterocycles. The van der Waals surface area contributed by atoms with Crippen LogP contribution in [-0.4, -0.2) is 38.5 Å². The Morgan fingerprint density at radius 1 is 1.43 bits per heavy atom. The number of rotatable bonds is 3. The normalized spacial score (nSPS) is 24.1. The van der Waals surface area contributed by atoms with Crippen LogP contribution in [0.5, 0.6) is 0 Å². The van der Waals surface area contributed by atoms with Crippen LogP contribution in [-0.2, 0) is 23.9 Å². The first-order valence-corrected chi connectivity index (χ1v) is 4.03. The molecule has 0 fully saturated rings. The first-order chi connectivity index (χ1) is 6.69. The molecule has 0 N–H and O–H groups in total. The van der Waals surface area contributed by atoms with E-state index in [9.17, 15) is 9.59 Å². The number of carbonyl (C=O) groups excluding carboxylic acids is 2. The molecule has 1 aliphatic heterocycles. The van der Waals surface area contributed by atoms with Gasteiger partial charge in [-0.1, -0.05) is 5.16 Å². The number of nitrogens with zero attached hydrogens (tertiary/aromatic N) is 1. The van der Waals surface area contributed by atoms with Crippen molar-refractivity contribution in [3.8, 4) is 0 Å². The van der Waals surface area contributed by atoms with Crippen LogP contribution in [0.15, 0.2) is 5.16 Å². The highest BCUT2D eigenvalue weighted by molar-refractivity contribution is 5.91. The summed E-state index contributed by atoms with van der Waals surface area (Å²) in [4.78, 5) is 26.9. The molecule has 0 aromatic carbocycles. The lowest BCUT2D eigenvalue weighted by Gasteiger charge is -2.12. The zero-order valence-corrected chi connectivity index (χ0v) is 7.93. The third-order valence-corrected chi connectivity index (χ3v) is 1.89. The van der Waals surface area contributed by atoms with Gasteiger partial charge in [-0.3, -0.25) is 9.59 Å². The van der Waals surface area contributed by atoms with Gasteiger partial charge < -0.3 is 14.3 Å². The molecule has 0 unspecified atom stereocenters. The quantitative estimate of drug-likeness (QED) is 0.587. The van der Waals surface area contributed by atoms with Gasteiger partial charge in [0.05, 0.1) is 26.9 Å². The van der Waals surface area contributed by atoms with Crippen LogP contribution in [0, 0.1) is 5.92 Å². The second-order valence-electron chi connectivity index (χ2n) is 2.73. The van der Waals surface area contributed by atoms with Gasteiger partial charge in [-0.15, -0.1) is 0 Å². The topological polar surface area (TPSA) is 74.2 Å². The van der Waals surface area contributed by atoms with Crippen molar-refractivity contribution in [3.63, 3.8) is 0 Å². The summed E-state index contributed by atoms with van der Waals surface area (Å²) in [7, 11) is 2.54. The fourth-order valence-electron chi connectivity index (χ4n) is 1.10. The van der Waals surface area contributed by atoms with Crippen molar-refractivity contribution in [2.45, 2.75) is 12.5 Å². The molecule has 2 atom stereocenters. The lowest BCUT2D eigenvalue weighted by Crippen LogP contribution is -2.30. The minimum Gasteiger partial charge on any atom is -0.469 e. The molecule has 0 amide bonds. The summed E-state index contributed by atoms with van der Waals surface area (Å²) in [6.45, 7) is 0. The van der Waals surface area contributed by atoms with Gasteiger partial charge in [-0.05, 0) is 0 Å². The Kier molecular flexibility index (Phi) is 3.44. The molecule has 0 bridgehead atoms. The van der Waals surface area contributed by atoms with Gasteiger partial charge in [0.25, 0.3) is 0 Å². The van der Waals surface area contributed by atoms with Crippen molar-refractivity contribution in [1.82, 2.24) is 0 Å². The molecular weight excluding hydrogens is 190 g/mol. The van der Waals surface area contributed by atoms with Gasteiger partial charge in [0.15, 0.2) is 6.10 Å². The summed E-state index contributed by atoms with van der Waals surface area (Å²) < 4.78 is 8.96. The monoisotopic (exact) mass is 201 g/mol. The van der Waals surface area contributed by atoms with Crippen molar-refractivity contribution >= 4 is 18.2 Å². The van der Waals surface area contributed by atoms with Crippen LogP contribution >= 0.6 is 0 Å². The highest BCUT2D eigenvalue weighted by atomic mass is 16.6. The largest absolute Gasteiger partial charge is 0.469 e. The smallest absolute Gasteiger partial charge is 0.318 e. The van der Waals surface area contributed by atoms with Crippen molar-refractivity contribution < 1.29 is 23.9 Å². The van der Waals surface area contributed by atoms with Crippen LogP contribution in [0.4, 0.5) is 0 Å². The number of hydrogen-bond acceptors (Lipinski definition) is 6. The molecule has 0 aliphatic carbocycles. The average Bonchev–Trinajstić information content (AvgIpc) is 2.64. The SMILES string of the molecule is COC(=O)C[C@@H]1ON=C[C@H]1C(=O)OC. The van der Waals surface area contributed by atoms with E-state index in [0.717, 1.165) is 0 Å². The molecule has 0 saturated carbocycles. The first kappa shape index (κ1) is 10.5. The van der Waals surface area contributed by atoms with Gasteiger partial charge in [-0.25, -0.2) is 0 Å². The van der Waals surface area contributed by atoms with Crippen LogP contribution < -0.4 is 0 Å². The molecule has 14 heavy (non-hydrogen) atoms. The van der Waals surface area contributed by atoms with Crippen LogP contribution in [0.25, 0.3) is 0 Å². The zero-order valence-electron chi connectivity index (χ0n) is 7.93. The minimum absolute atomic E-state index is 0.0176. The van der Waals surface area contributed by atoms with E-state index in [1.165, 1.54) is 20.4 Å². The van der Waals surface area contributed by atoms with Crippen molar-refractivity contribution in [2.75, 3.05) is 14.2 Å². The van der Waals surface area contributed by atoms with E-state index in [1.54, 1.807) is 0 Å². The number of carbonyl (C=O) groups is 2. The van der Waals surface area contributed by atoms with E-state index in [4.69, 9.17) is 4.84 Å². The fraction of sp³-hybridized carbons (Fsp3) is 0.625. The van der Waals surface area contributed by atoms with E-state index in [2.05, 4.69) is 14.6 Å². The molecule has 0 aromatic heterocycles. The summed E-state index contributed by atoms with van der Waals surface area (Å²) in [5.74, 6) is -1.55. The molecule has 1 rings (SSSR count). The number of oxime groups is 1. The first-order valence-electron chi connectivity index (χ1n) is 4.03. The Bertz CT molecular complexity index is 262.